The number of carbonyl (C=O) groups excluding carboxylic acids is 5. The fourth-order valence-corrected chi connectivity index (χ4v) is 3.96. The van der Waals surface area contributed by atoms with Crippen LogP contribution >= 0.6 is 12.2 Å². The molecule has 2 aromatic carbocycles. The molecular formula is C22H14N4O7S. The van der Waals surface area contributed by atoms with Crippen LogP contribution in [0.3, 0.4) is 0 Å². The first-order chi connectivity index (χ1) is 16.3. The smallest absolute Gasteiger partial charge is 0.335 e. The number of ether oxygens (including phenoxy) is 2. The van der Waals surface area contributed by atoms with E-state index in [2.05, 4.69) is 10.6 Å². The maximum atomic E-state index is 13.2. The van der Waals surface area contributed by atoms with Gasteiger partial charge in [-0.2, -0.15) is 0 Å². The number of urea groups is 1. The highest BCUT2D eigenvalue weighted by molar-refractivity contribution is 7.80. The fourth-order valence-electron chi connectivity index (χ4n) is 3.66. The second-order valence-electron chi connectivity index (χ2n) is 7.30. The van der Waals surface area contributed by atoms with Gasteiger partial charge in [0.05, 0.1) is 11.4 Å². The van der Waals surface area contributed by atoms with E-state index in [9.17, 15) is 24.0 Å². The first kappa shape index (κ1) is 21.3. The van der Waals surface area contributed by atoms with Crippen LogP contribution in [0.15, 0.2) is 60.2 Å². The third kappa shape index (κ3) is 3.46. The molecule has 170 valence electrons. The summed E-state index contributed by atoms with van der Waals surface area (Å²) in [6, 6.07) is 11.7. The molecule has 0 spiro atoms. The van der Waals surface area contributed by atoms with E-state index in [1.165, 1.54) is 18.2 Å². The molecule has 0 radical (unpaired) electrons. The van der Waals surface area contributed by atoms with Crippen LogP contribution in [-0.4, -0.2) is 41.6 Å². The van der Waals surface area contributed by atoms with Crippen LogP contribution in [-0.2, 0) is 19.2 Å². The summed E-state index contributed by atoms with van der Waals surface area (Å²) in [6.45, 7) is -0.0127. The number of para-hydroxylation sites is 1. The molecule has 2 N–H and O–H groups in total. The van der Waals surface area contributed by atoms with Gasteiger partial charge >= 0.3 is 6.03 Å². The van der Waals surface area contributed by atoms with Gasteiger partial charge in [0.1, 0.15) is 11.5 Å². The van der Waals surface area contributed by atoms with Gasteiger partial charge in [0, 0.05) is 6.07 Å². The molecule has 2 saturated heterocycles. The van der Waals surface area contributed by atoms with Crippen molar-refractivity contribution in [3.63, 3.8) is 0 Å². The minimum Gasteiger partial charge on any atom is -0.454 e. The van der Waals surface area contributed by atoms with Crippen molar-refractivity contribution in [3.8, 4) is 11.5 Å². The number of fused-ring (bicyclic) bond motifs is 1. The maximum absolute atomic E-state index is 13.2. The van der Waals surface area contributed by atoms with Crippen LogP contribution in [0.2, 0.25) is 0 Å². The van der Waals surface area contributed by atoms with E-state index in [1.54, 1.807) is 30.3 Å². The predicted octanol–water partition coefficient (Wildman–Crippen LogP) is 0.989. The zero-order chi connectivity index (χ0) is 24.0. The summed E-state index contributed by atoms with van der Waals surface area (Å²) < 4.78 is 10.5. The van der Waals surface area contributed by atoms with E-state index < -0.39 is 41.2 Å². The summed E-state index contributed by atoms with van der Waals surface area (Å²) in [5.41, 5.74) is -0.0410. The van der Waals surface area contributed by atoms with Crippen molar-refractivity contribution < 1.29 is 33.4 Å². The number of nitrogens with one attached hydrogen (secondary N) is 2. The Labute approximate surface area is 196 Å². The van der Waals surface area contributed by atoms with Crippen molar-refractivity contribution in [2.24, 2.45) is 5.92 Å². The molecule has 5 rings (SSSR count). The quantitative estimate of drug-likeness (QED) is 0.289. The third-order valence-corrected chi connectivity index (χ3v) is 5.55. The highest BCUT2D eigenvalue weighted by Crippen LogP contribution is 2.36. The van der Waals surface area contributed by atoms with Crippen molar-refractivity contribution in [1.29, 1.82) is 0 Å². The van der Waals surface area contributed by atoms with Gasteiger partial charge < -0.3 is 14.8 Å². The molecule has 34 heavy (non-hydrogen) atoms. The predicted molar refractivity (Wildman–Crippen MR) is 120 cm³/mol. The van der Waals surface area contributed by atoms with E-state index in [-0.39, 0.29) is 17.6 Å². The minimum absolute atomic E-state index is 0.0127. The van der Waals surface area contributed by atoms with Crippen LogP contribution < -0.4 is 29.9 Å². The summed E-state index contributed by atoms with van der Waals surface area (Å²) in [6.07, 6.45) is 0.930. The molecule has 0 unspecified atom stereocenters. The van der Waals surface area contributed by atoms with Gasteiger partial charge in [0.15, 0.2) is 16.6 Å². The van der Waals surface area contributed by atoms with Crippen molar-refractivity contribution in [1.82, 2.24) is 10.6 Å². The van der Waals surface area contributed by atoms with Gasteiger partial charge in [0.2, 0.25) is 18.6 Å². The molecule has 0 bridgehead atoms. The Hall–Kier alpha value is -4.58. The number of benzene rings is 2. The molecule has 11 nitrogen and oxygen atoms in total. The van der Waals surface area contributed by atoms with Crippen molar-refractivity contribution in [2.45, 2.75) is 0 Å². The zero-order valence-electron chi connectivity index (χ0n) is 17.1. The van der Waals surface area contributed by atoms with E-state index in [4.69, 9.17) is 21.7 Å². The van der Waals surface area contributed by atoms with Crippen molar-refractivity contribution >= 4 is 58.4 Å². The zero-order valence-corrected chi connectivity index (χ0v) is 18.0. The van der Waals surface area contributed by atoms with Gasteiger partial charge in [0.25, 0.3) is 11.8 Å². The number of carbonyl (C=O) groups is 5. The highest BCUT2D eigenvalue weighted by atomic mass is 32.1. The molecule has 12 heteroatoms. The fraction of sp³-hybridized carbons (Fsp3) is 0.0909. The standard InChI is InChI=1S/C22H14N4O7S/c27-17-13(9-14-18(28)24-22(34)26(20(14)30)11-4-2-1-3-5-11)19(29)25(21(31)23-17)12-6-7-15-16(8-12)33-10-32-15/h1-9,14H,10H2,(H,23,27,31)(H,24,28,34)/b13-9+/t14-/m1/s1. The normalized spacial score (nSPS) is 21.2. The van der Waals surface area contributed by atoms with E-state index in [0.717, 1.165) is 11.0 Å². The molecular weight excluding hydrogens is 464 g/mol. The molecule has 3 aliphatic rings. The molecule has 1 atom stereocenters. The van der Waals surface area contributed by atoms with E-state index >= 15 is 0 Å². The first-order valence-electron chi connectivity index (χ1n) is 9.90. The van der Waals surface area contributed by atoms with Crippen molar-refractivity contribution in [2.75, 3.05) is 16.6 Å². The van der Waals surface area contributed by atoms with Crippen LogP contribution in [0.25, 0.3) is 0 Å². The number of rotatable bonds is 3. The van der Waals surface area contributed by atoms with Crippen LogP contribution in [0, 0.1) is 5.92 Å². The van der Waals surface area contributed by atoms with Crippen molar-refractivity contribution in [3.05, 3.63) is 60.2 Å². The average molecular weight is 478 g/mol. The summed E-state index contributed by atoms with van der Waals surface area (Å²) in [5, 5.41) is 4.33. The Morgan fingerprint density at radius 3 is 2.38 bits per heavy atom. The van der Waals surface area contributed by atoms with Crippen LogP contribution in [0.4, 0.5) is 16.2 Å². The Balaban J connectivity index is 1.50. The summed E-state index contributed by atoms with van der Waals surface area (Å²) in [7, 11) is 0. The minimum atomic E-state index is -1.54. The SMILES string of the molecule is O=C1NC(=O)N(c2ccc3c(c2)OCO3)C(=O)/C1=C/[C@@H]1C(=O)NC(=S)N(c2ccccc2)C1=O. The van der Waals surface area contributed by atoms with E-state index in [0.29, 0.717) is 22.1 Å². The molecule has 0 aromatic heterocycles. The summed E-state index contributed by atoms with van der Waals surface area (Å²) in [4.78, 5) is 65.7. The molecule has 2 fully saturated rings. The Kier molecular flexibility index (Phi) is 5.06. The molecule has 3 aliphatic heterocycles. The Morgan fingerprint density at radius 2 is 1.62 bits per heavy atom. The van der Waals surface area contributed by atoms with Gasteiger partial charge in [-0.3, -0.25) is 29.4 Å². The molecule has 2 aromatic rings. The summed E-state index contributed by atoms with van der Waals surface area (Å²) >= 11 is 5.14. The number of anilines is 2. The van der Waals surface area contributed by atoms with Gasteiger partial charge in [-0.1, -0.05) is 18.2 Å². The monoisotopic (exact) mass is 478 g/mol. The number of thiocarbonyl (C=S) groups is 1. The van der Waals surface area contributed by atoms with Crippen LogP contribution in [0.1, 0.15) is 0 Å². The maximum Gasteiger partial charge on any atom is 0.335 e. The van der Waals surface area contributed by atoms with Gasteiger partial charge in [-0.15, -0.1) is 0 Å². The second-order valence-corrected chi connectivity index (χ2v) is 7.69. The third-order valence-electron chi connectivity index (χ3n) is 5.27. The lowest BCUT2D eigenvalue weighted by Gasteiger charge is -2.32. The number of barbiturate groups is 1. The lowest BCUT2D eigenvalue weighted by Crippen LogP contribution is -2.58. The lowest BCUT2D eigenvalue weighted by atomic mass is 9.98. The Morgan fingerprint density at radius 1 is 0.882 bits per heavy atom. The number of imide groups is 2. The van der Waals surface area contributed by atoms with Gasteiger partial charge in [-0.05, 0) is 42.6 Å². The van der Waals surface area contributed by atoms with E-state index in [1.807, 2.05) is 0 Å². The highest BCUT2D eigenvalue weighted by Gasteiger charge is 2.43. The molecule has 3 heterocycles. The van der Waals surface area contributed by atoms with Crippen LogP contribution in [0.5, 0.6) is 11.5 Å². The molecule has 0 saturated carbocycles. The molecule has 0 aliphatic carbocycles. The number of amides is 6. The molecule has 6 amide bonds. The lowest BCUT2D eigenvalue weighted by molar-refractivity contribution is -0.131. The first-order valence-corrected chi connectivity index (χ1v) is 10.3. The number of nitrogens with zero attached hydrogens (tertiary/aromatic N) is 2. The number of hydrogen-bond acceptors (Lipinski definition) is 8. The van der Waals surface area contributed by atoms with Gasteiger partial charge in [-0.25, -0.2) is 9.69 Å². The second kappa shape index (κ2) is 8.08. The Bertz CT molecular complexity index is 1320. The summed E-state index contributed by atoms with van der Waals surface area (Å²) in [5.74, 6) is -4.39. The topological polar surface area (TPSA) is 134 Å². The largest absolute Gasteiger partial charge is 0.454 e. The average Bonchev–Trinajstić information content (AvgIpc) is 3.27. The number of hydrogen-bond donors (Lipinski definition) is 2.